The minimum atomic E-state index is -0.549. The monoisotopic (exact) mass is 442 g/mol. The molecule has 0 radical (unpaired) electrons. The van der Waals surface area contributed by atoms with E-state index in [0.717, 1.165) is 17.1 Å². The first kappa shape index (κ1) is 24.8. The van der Waals surface area contributed by atoms with Gasteiger partial charge in [-0.05, 0) is 48.6 Å². The predicted octanol–water partition coefficient (Wildman–Crippen LogP) is 4.43. The largest absolute Gasteiger partial charge is 0.497 e. The minimum Gasteiger partial charge on any atom is -0.497 e. The van der Waals surface area contributed by atoms with Crippen LogP contribution in [0.25, 0.3) is 0 Å². The molecule has 0 aromatic heterocycles. The first-order chi connectivity index (χ1) is 14.8. The van der Waals surface area contributed by atoms with Crippen molar-refractivity contribution >= 4 is 23.6 Å². The lowest BCUT2D eigenvalue weighted by Gasteiger charge is -2.29. The van der Waals surface area contributed by atoms with Crippen molar-refractivity contribution in [3.8, 4) is 5.75 Å². The zero-order valence-electron chi connectivity index (χ0n) is 19.2. The van der Waals surface area contributed by atoms with Crippen molar-refractivity contribution in [1.82, 2.24) is 10.2 Å². The Morgan fingerprint density at radius 2 is 1.74 bits per heavy atom. The molecule has 5 nitrogen and oxygen atoms in total. The minimum absolute atomic E-state index is 0.0402. The molecule has 0 heterocycles. The summed E-state index contributed by atoms with van der Waals surface area (Å²) in [5.41, 5.74) is 3.41. The van der Waals surface area contributed by atoms with Crippen LogP contribution in [0.1, 0.15) is 37.5 Å². The van der Waals surface area contributed by atoms with E-state index in [1.165, 1.54) is 11.1 Å². The highest BCUT2D eigenvalue weighted by atomic mass is 32.2. The molecule has 2 rings (SSSR count). The zero-order chi connectivity index (χ0) is 22.8. The highest BCUT2D eigenvalue weighted by Gasteiger charge is 2.26. The fraction of sp³-hybridized carbons (Fsp3) is 0.440. The van der Waals surface area contributed by atoms with Crippen LogP contribution in [-0.4, -0.2) is 42.2 Å². The average molecular weight is 443 g/mol. The average Bonchev–Trinajstić information content (AvgIpc) is 2.76. The van der Waals surface area contributed by atoms with E-state index in [2.05, 4.69) is 24.4 Å². The Morgan fingerprint density at radius 1 is 1.06 bits per heavy atom. The molecule has 168 valence electrons. The summed E-state index contributed by atoms with van der Waals surface area (Å²) in [6.07, 6.45) is 0. The van der Waals surface area contributed by atoms with Crippen molar-refractivity contribution in [3.05, 3.63) is 65.2 Å². The summed E-state index contributed by atoms with van der Waals surface area (Å²) in [5.74, 6) is 2.04. The van der Waals surface area contributed by atoms with Gasteiger partial charge in [0.1, 0.15) is 11.8 Å². The summed E-state index contributed by atoms with van der Waals surface area (Å²) < 4.78 is 5.22. The van der Waals surface area contributed by atoms with Crippen LogP contribution in [-0.2, 0) is 21.9 Å². The summed E-state index contributed by atoms with van der Waals surface area (Å²) in [6.45, 7) is 8.94. The normalized spacial score (nSPS) is 11.8. The Kier molecular flexibility index (Phi) is 9.92. The van der Waals surface area contributed by atoms with Crippen molar-refractivity contribution in [2.24, 2.45) is 5.92 Å². The predicted molar refractivity (Wildman–Crippen MR) is 128 cm³/mol. The summed E-state index contributed by atoms with van der Waals surface area (Å²) in [7, 11) is 1.62. The quantitative estimate of drug-likeness (QED) is 0.559. The first-order valence-corrected chi connectivity index (χ1v) is 11.8. The van der Waals surface area contributed by atoms with Gasteiger partial charge < -0.3 is 15.0 Å². The molecular formula is C25H34N2O3S. The van der Waals surface area contributed by atoms with Crippen LogP contribution >= 0.6 is 11.8 Å². The van der Waals surface area contributed by atoms with Gasteiger partial charge in [-0.15, -0.1) is 11.8 Å². The van der Waals surface area contributed by atoms with Gasteiger partial charge in [0, 0.05) is 18.8 Å². The van der Waals surface area contributed by atoms with Gasteiger partial charge in [0.15, 0.2) is 0 Å². The Hall–Kier alpha value is -2.47. The molecule has 0 spiro atoms. The van der Waals surface area contributed by atoms with Crippen LogP contribution in [0.2, 0.25) is 0 Å². The van der Waals surface area contributed by atoms with E-state index in [9.17, 15) is 9.59 Å². The molecule has 0 unspecified atom stereocenters. The number of carbonyl (C=O) groups excluding carboxylic acids is 2. The van der Waals surface area contributed by atoms with Crippen molar-refractivity contribution in [3.63, 3.8) is 0 Å². The van der Waals surface area contributed by atoms with Crippen LogP contribution in [0.15, 0.2) is 48.5 Å². The number of carbonyl (C=O) groups is 2. The highest BCUT2D eigenvalue weighted by molar-refractivity contribution is 7.99. The summed E-state index contributed by atoms with van der Waals surface area (Å²) in [6, 6.07) is 15.2. The molecule has 1 atom stereocenters. The van der Waals surface area contributed by atoms with Crippen molar-refractivity contribution in [2.75, 3.05) is 19.4 Å². The van der Waals surface area contributed by atoms with Gasteiger partial charge in [-0.3, -0.25) is 9.59 Å². The topological polar surface area (TPSA) is 58.6 Å². The molecule has 0 aliphatic rings. The maximum absolute atomic E-state index is 13.1. The maximum Gasteiger partial charge on any atom is 0.242 e. The van der Waals surface area contributed by atoms with Crippen LogP contribution in [0, 0.1) is 12.8 Å². The summed E-state index contributed by atoms with van der Waals surface area (Å²) >= 11 is 1.58. The van der Waals surface area contributed by atoms with E-state index >= 15 is 0 Å². The van der Waals surface area contributed by atoms with Gasteiger partial charge in [0.05, 0.1) is 12.9 Å². The van der Waals surface area contributed by atoms with Crippen LogP contribution < -0.4 is 10.1 Å². The lowest BCUT2D eigenvalue weighted by molar-refractivity contribution is -0.138. The molecule has 2 amide bonds. The van der Waals surface area contributed by atoms with Crippen molar-refractivity contribution in [2.45, 2.75) is 46.0 Å². The number of thioether (sulfide) groups is 1. The van der Waals surface area contributed by atoms with Gasteiger partial charge in [0.25, 0.3) is 0 Å². The van der Waals surface area contributed by atoms with E-state index in [1.54, 1.807) is 30.7 Å². The molecule has 2 aromatic carbocycles. The maximum atomic E-state index is 13.1. The number of rotatable bonds is 11. The third-order valence-electron chi connectivity index (χ3n) is 5.11. The fourth-order valence-corrected chi connectivity index (χ4v) is 4.05. The van der Waals surface area contributed by atoms with Crippen LogP contribution in [0.4, 0.5) is 0 Å². The van der Waals surface area contributed by atoms with Crippen LogP contribution in [0.5, 0.6) is 5.75 Å². The Morgan fingerprint density at radius 3 is 2.35 bits per heavy atom. The van der Waals surface area contributed by atoms with Crippen LogP contribution in [0.3, 0.4) is 0 Å². The first-order valence-electron chi connectivity index (χ1n) is 10.6. The number of ether oxygens (including phenoxy) is 1. The number of nitrogens with zero attached hydrogens (tertiary/aromatic N) is 1. The lowest BCUT2D eigenvalue weighted by Crippen LogP contribution is -2.48. The van der Waals surface area contributed by atoms with Crippen molar-refractivity contribution < 1.29 is 14.3 Å². The second-order valence-corrected chi connectivity index (χ2v) is 9.09. The molecule has 0 bridgehead atoms. The summed E-state index contributed by atoms with van der Waals surface area (Å²) in [5, 5.41) is 2.95. The molecule has 0 saturated carbocycles. The molecular weight excluding hydrogens is 408 g/mol. The third-order valence-corrected chi connectivity index (χ3v) is 6.07. The van der Waals surface area contributed by atoms with Gasteiger partial charge in [-0.25, -0.2) is 0 Å². The van der Waals surface area contributed by atoms with E-state index in [0.29, 0.717) is 24.8 Å². The standard InChI is InChI=1S/C25H34N2O3S/c1-18(2)14-26-25(29)20(4)27(15-21-10-12-23(30-5)13-11-21)24(28)17-31-16-22-9-7-6-8-19(22)3/h6-13,18,20H,14-17H2,1-5H3,(H,26,29)/t20-/m0/s1. The Balaban J connectivity index is 2.07. The van der Waals surface area contributed by atoms with Gasteiger partial charge in [0.2, 0.25) is 11.8 Å². The van der Waals surface area contributed by atoms with E-state index in [1.807, 2.05) is 50.2 Å². The van der Waals surface area contributed by atoms with Gasteiger partial charge >= 0.3 is 0 Å². The molecule has 1 N–H and O–H groups in total. The van der Waals surface area contributed by atoms with Gasteiger partial charge in [-0.1, -0.05) is 50.2 Å². The lowest BCUT2D eigenvalue weighted by atomic mass is 10.1. The molecule has 0 saturated heterocycles. The molecule has 2 aromatic rings. The number of nitrogens with one attached hydrogen (secondary N) is 1. The van der Waals surface area contributed by atoms with Gasteiger partial charge in [-0.2, -0.15) is 0 Å². The van der Waals surface area contributed by atoms with E-state index < -0.39 is 6.04 Å². The highest BCUT2D eigenvalue weighted by Crippen LogP contribution is 2.19. The number of aryl methyl sites for hydroxylation is 1. The Bertz CT molecular complexity index is 852. The number of amides is 2. The fourth-order valence-electron chi connectivity index (χ4n) is 3.07. The Labute approximate surface area is 190 Å². The number of methoxy groups -OCH3 is 1. The molecule has 31 heavy (non-hydrogen) atoms. The smallest absolute Gasteiger partial charge is 0.242 e. The third kappa shape index (κ3) is 7.94. The molecule has 0 aliphatic heterocycles. The SMILES string of the molecule is COc1ccc(CN(C(=O)CSCc2ccccc2C)[C@@H](C)C(=O)NCC(C)C)cc1. The van der Waals surface area contributed by atoms with E-state index in [-0.39, 0.29) is 11.8 Å². The van der Waals surface area contributed by atoms with E-state index in [4.69, 9.17) is 4.74 Å². The molecule has 0 fully saturated rings. The van der Waals surface area contributed by atoms with Crippen molar-refractivity contribution in [1.29, 1.82) is 0 Å². The number of benzene rings is 2. The molecule has 0 aliphatic carbocycles. The second kappa shape index (κ2) is 12.4. The number of hydrogen-bond donors (Lipinski definition) is 1. The zero-order valence-corrected chi connectivity index (χ0v) is 20.0. The molecule has 6 heteroatoms. The number of hydrogen-bond acceptors (Lipinski definition) is 4. The summed E-state index contributed by atoms with van der Waals surface area (Å²) in [4.78, 5) is 27.5. The second-order valence-electron chi connectivity index (χ2n) is 8.10.